The number of rotatable bonds is 6. The molecule has 2 unspecified atom stereocenters. The first-order chi connectivity index (χ1) is 12.9. The number of nitrogens with zero attached hydrogens (tertiary/aromatic N) is 3. The molecule has 0 aliphatic carbocycles. The van der Waals surface area contributed by atoms with Gasteiger partial charge in [-0.3, -0.25) is 19.6 Å². The zero-order chi connectivity index (χ0) is 19.4. The van der Waals surface area contributed by atoms with Crippen LogP contribution in [0.4, 0.5) is 14.5 Å². The highest BCUT2D eigenvalue weighted by Gasteiger charge is 2.28. The van der Waals surface area contributed by atoms with Gasteiger partial charge in [0.2, 0.25) is 5.91 Å². The van der Waals surface area contributed by atoms with E-state index in [1.807, 2.05) is 0 Å². The second-order valence-corrected chi connectivity index (χ2v) is 6.42. The number of piperidine rings is 1. The molecule has 2 aromatic rings. The Morgan fingerprint density at radius 3 is 2.93 bits per heavy atom. The maximum atomic E-state index is 13.6. The third kappa shape index (κ3) is 4.64. The molecule has 2 heterocycles. The Hall–Kier alpha value is -2.88. The maximum Gasteiger partial charge on any atom is 0.306 e. The van der Waals surface area contributed by atoms with E-state index in [9.17, 15) is 23.7 Å². The predicted octanol–water partition coefficient (Wildman–Crippen LogP) is 1.72. The molecular formula is C17H19F2N5O3. The molecule has 0 bridgehead atoms. The van der Waals surface area contributed by atoms with E-state index in [0.29, 0.717) is 25.1 Å². The minimum Gasteiger partial charge on any atom is -0.351 e. The summed E-state index contributed by atoms with van der Waals surface area (Å²) in [4.78, 5) is 22.4. The number of hydrogen-bond donors (Lipinski definition) is 2. The van der Waals surface area contributed by atoms with Gasteiger partial charge in [0.15, 0.2) is 11.6 Å². The zero-order valence-electron chi connectivity index (χ0n) is 14.4. The lowest BCUT2D eigenvalue weighted by Crippen LogP contribution is -2.50. The fourth-order valence-electron chi connectivity index (χ4n) is 3.22. The molecule has 8 nitrogen and oxygen atoms in total. The van der Waals surface area contributed by atoms with Gasteiger partial charge in [-0.15, -0.1) is 0 Å². The number of halogens is 2. The molecule has 2 atom stereocenters. The molecule has 1 aliphatic rings. The molecule has 27 heavy (non-hydrogen) atoms. The summed E-state index contributed by atoms with van der Waals surface area (Å²) in [7, 11) is 0. The molecule has 0 radical (unpaired) electrons. The summed E-state index contributed by atoms with van der Waals surface area (Å²) in [5.74, 6) is -2.18. The van der Waals surface area contributed by atoms with Crippen molar-refractivity contribution in [2.75, 3.05) is 13.1 Å². The van der Waals surface area contributed by atoms with Crippen LogP contribution >= 0.6 is 0 Å². The van der Waals surface area contributed by atoms with E-state index in [1.165, 1.54) is 23.0 Å². The van der Waals surface area contributed by atoms with Crippen molar-refractivity contribution in [2.45, 2.75) is 31.3 Å². The van der Waals surface area contributed by atoms with Gasteiger partial charge in [0, 0.05) is 31.5 Å². The Bertz CT molecular complexity index is 842. The van der Waals surface area contributed by atoms with E-state index in [0.717, 1.165) is 12.3 Å². The lowest BCUT2D eigenvalue weighted by atomic mass is 9.86. The molecule has 10 heteroatoms. The van der Waals surface area contributed by atoms with Gasteiger partial charge in [-0.1, -0.05) is 6.07 Å². The van der Waals surface area contributed by atoms with Crippen molar-refractivity contribution in [1.29, 1.82) is 0 Å². The molecular weight excluding hydrogens is 360 g/mol. The van der Waals surface area contributed by atoms with Gasteiger partial charge in [0.25, 0.3) is 0 Å². The zero-order valence-corrected chi connectivity index (χ0v) is 14.4. The normalized spacial score (nSPS) is 19.6. The molecule has 1 fully saturated rings. The van der Waals surface area contributed by atoms with Crippen LogP contribution in [0.1, 0.15) is 24.3 Å². The molecule has 0 saturated carbocycles. The van der Waals surface area contributed by atoms with Gasteiger partial charge >= 0.3 is 5.69 Å². The highest BCUT2D eigenvalue weighted by molar-refractivity contribution is 5.76. The fourth-order valence-corrected chi connectivity index (χ4v) is 3.22. The lowest BCUT2D eigenvalue weighted by Gasteiger charge is -2.33. The van der Waals surface area contributed by atoms with Crippen LogP contribution in [0, 0.1) is 21.7 Å². The summed E-state index contributed by atoms with van der Waals surface area (Å²) < 4.78 is 28.1. The minimum atomic E-state index is -0.906. The predicted molar refractivity (Wildman–Crippen MR) is 92.0 cm³/mol. The maximum absolute atomic E-state index is 13.6. The summed E-state index contributed by atoms with van der Waals surface area (Å²) >= 11 is 0. The van der Waals surface area contributed by atoms with Crippen molar-refractivity contribution in [3.8, 4) is 0 Å². The van der Waals surface area contributed by atoms with Gasteiger partial charge in [-0.2, -0.15) is 5.10 Å². The van der Waals surface area contributed by atoms with Gasteiger partial charge in [0.05, 0.1) is 4.92 Å². The van der Waals surface area contributed by atoms with Gasteiger partial charge in [-0.25, -0.2) is 8.78 Å². The van der Waals surface area contributed by atoms with E-state index in [4.69, 9.17) is 0 Å². The van der Waals surface area contributed by atoms with Crippen molar-refractivity contribution in [1.82, 2.24) is 20.4 Å². The highest BCUT2D eigenvalue weighted by Crippen LogP contribution is 2.27. The van der Waals surface area contributed by atoms with Crippen LogP contribution in [-0.2, 0) is 11.3 Å². The van der Waals surface area contributed by atoms with Crippen LogP contribution < -0.4 is 10.6 Å². The molecule has 1 aliphatic heterocycles. The quantitative estimate of drug-likeness (QED) is 0.588. The van der Waals surface area contributed by atoms with Crippen molar-refractivity contribution in [3.05, 3.63) is 57.9 Å². The summed E-state index contributed by atoms with van der Waals surface area (Å²) in [6, 6.07) is 3.54. The average molecular weight is 379 g/mol. The van der Waals surface area contributed by atoms with Crippen LogP contribution in [0.2, 0.25) is 0 Å². The van der Waals surface area contributed by atoms with E-state index in [1.54, 1.807) is 0 Å². The third-order valence-electron chi connectivity index (χ3n) is 4.60. The first-order valence-corrected chi connectivity index (χ1v) is 8.56. The summed E-state index contributed by atoms with van der Waals surface area (Å²) in [5, 5.41) is 20.6. The molecule has 0 spiro atoms. The van der Waals surface area contributed by atoms with Crippen LogP contribution in [0.5, 0.6) is 0 Å². The number of aromatic nitrogens is 2. The SMILES string of the molecule is O=C(CCn1cc([N+](=O)[O-])cn1)NC1CNCCC1c1ccc(F)c(F)c1. The molecule has 1 saturated heterocycles. The minimum absolute atomic E-state index is 0.0971. The number of carbonyl (C=O) groups excluding carboxylic acids is 1. The number of amides is 1. The number of nitro groups is 1. The van der Waals surface area contributed by atoms with Crippen LogP contribution in [-0.4, -0.2) is 39.7 Å². The molecule has 2 N–H and O–H groups in total. The topological polar surface area (TPSA) is 102 Å². The van der Waals surface area contributed by atoms with Crippen molar-refractivity contribution in [2.24, 2.45) is 0 Å². The van der Waals surface area contributed by atoms with Crippen LogP contribution in [0.15, 0.2) is 30.6 Å². The third-order valence-corrected chi connectivity index (χ3v) is 4.60. The Balaban J connectivity index is 1.60. The van der Waals surface area contributed by atoms with E-state index >= 15 is 0 Å². The number of aryl methyl sites for hydroxylation is 1. The number of nitrogens with one attached hydrogen (secondary N) is 2. The monoisotopic (exact) mass is 379 g/mol. The second kappa shape index (κ2) is 8.21. The van der Waals surface area contributed by atoms with Gasteiger partial charge in [0.1, 0.15) is 12.4 Å². The average Bonchev–Trinajstić information content (AvgIpc) is 3.12. The first-order valence-electron chi connectivity index (χ1n) is 8.56. The molecule has 144 valence electrons. The standard InChI is InChI=1S/C17H19F2N5O3/c18-14-2-1-11(7-15(14)19)13-3-5-20-9-16(13)22-17(25)4-6-23-10-12(8-21-23)24(26)27/h1-2,7-8,10,13,16,20H,3-6,9H2,(H,22,25). The van der Waals surface area contributed by atoms with Crippen molar-refractivity contribution < 1.29 is 18.5 Å². The highest BCUT2D eigenvalue weighted by atomic mass is 19.2. The number of carbonyl (C=O) groups is 1. The van der Waals surface area contributed by atoms with Crippen molar-refractivity contribution >= 4 is 11.6 Å². The summed E-state index contributed by atoms with van der Waals surface area (Å²) in [6.07, 6.45) is 3.17. The molecule has 1 aromatic heterocycles. The Morgan fingerprint density at radius 1 is 1.41 bits per heavy atom. The lowest BCUT2D eigenvalue weighted by molar-refractivity contribution is -0.385. The summed E-state index contributed by atoms with van der Waals surface area (Å²) in [5.41, 5.74) is 0.508. The summed E-state index contributed by atoms with van der Waals surface area (Å²) in [6.45, 7) is 1.44. The molecule has 3 rings (SSSR count). The van der Waals surface area contributed by atoms with Crippen LogP contribution in [0.3, 0.4) is 0 Å². The Labute approximate surface area is 153 Å². The molecule has 1 amide bonds. The van der Waals surface area contributed by atoms with E-state index < -0.39 is 16.6 Å². The van der Waals surface area contributed by atoms with E-state index in [-0.39, 0.29) is 36.5 Å². The Morgan fingerprint density at radius 2 is 2.22 bits per heavy atom. The van der Waals surface area contributed by atoms with E-state index in [2.05, 4.69) is 15.7 Å². The van der Waals surface area contributed by atoms with Gasteiger partial charge in [-0.05, 0) is 30.7 Å². The van der Waals surface area contributed by atoms with Crippen molar-refractivity contribution in [3.63, 3.8) is 0 Å². The number of hydrogen-bond acceptors (Lipinski definition) is 5. The van der Waals surface area contributed by atoms with Gasteiger partial charge < -0.3 is 10.6 Å². The largest absolute Gasteiger partial charge is 0.351 e. The smallest absolute Gasteiger partial charge is 0.306 e. The fraction of sp³-hybridized carbons (Fsp3) is 0.412. The molecule has 1 aromatic carbocycles. The first kappa shape index (κ1) is 18.9. The van der Waals surface area contributed by atoms with Crippen LogP contribution in [0.25, 0.3) is 0 Å². The number of benzene rings is 1. The second-order valence-electron chi connectivity index (χ2n) is 6.42. The Kier molecular flexibility index (Phi) is 5.75.